The van der Waals surface area contributed by atoms with Crippen LogP contribution in [0.5, 0.6) is 0 Å². The van der Waals surface area contributed by atoms with Gasteiger partial charge in [0.2, 0.25) is 0 Å². The molecule has 0 heterocycles. The molecule has 1 spiro atoms. The van der Waals surface area contributed by atoms with Crippen molar-refractivity contribution in [2.24, 2.45) is 34.0 Å². The highest BCUT2D eigenvalue weighted by molar-refractivity contribution is 5.94. The quantitative estimate of drug-likeness (QED) is 0.667. The fraction of sp³-hybridized carbons (Fsp3) is 0.800. The normalized spacial score (nSPS) is 52.9. The van der Waals surface area contributed by atoms with Crippen molar-refractivity contribution >= 4 is 11.6 Å². The molecule has 0 saturated heterocycles. The summed E-state index contributed by atoms with van der Waals surface area (Å²) < 4.78 is 0. The first-order valence-electron chi connectivity index (χ1n) is 9.21. The van der Waals surface area contributed by atoms with Gasteiger partial charge in [0.15, 0.2) is 5.78 Å². The molecule has 0 aromatic heterocycles. The van der Waals surface area contributed by atoms with Crippen molar-refractivity contribution < 1.29 is 19.8 Å². The molecule has 5 saturated carbocycles. The van der Waals surface area contributed by atoms with E-state index in [2.05, 4.69) is 13.5 Å². The third kappa shape index (κ3) is 1.58. The molecule has 4 heteroatoms. The monoisotopic (exact) mass is 332 g/mol. The molecule has 4 nitrogen and oxygen atoms in total. The summed E-state index contributed by atoms with van der Waals surface area (Å²) in [5, 5.41) is 21.4. The van der Waals surface area contributed by atoms with Gasteiger partial charge < -0.3 is 10.2 Å². The molecule has 0 radical (unpaired) electrons. The van der Waals surface area contributed by atoms with Crippen LogP contribution < -0.4 is 0 Å². The van der Waals surface area contributed by atoms with Gasteiger partial charge in [-0.3, -0.25) is 9.59 Å². The molecule has 0 amide bonds. The van der Waals surface area contributed by atoms with Crippen molar-refractivity contribution in [3.05, 3.63) is 12.2 Å². The van der Waals surface area contributed by atoms with Crippen molar-refractivity contribution in [2.45, 2.75) is 65.1 Å². The zero-order chi connectivity index (χ0) is 17.7. The molecule has 0 aliphatic heterocycles. The highest BCUT2D eigenvalue weighted by atomic mass is 16.3. The maximum atomic E-state index is 13.0. The van der Waals surface area contributed by atoms with Crippen LogP contribution >= 0.6 is 0 Å². The number of Topliss-reactive ketones (excluding diaryl/α,β-unsaturated/α-hetero) is 2. The average molecular weight is 332 g/mol. The minimum Gasteiger partial charge on any atom is -0.388 e. The number of hydrogen-bond acceptors (Lipinski definition) is 4. The van der Waals surface area contributed by atoms with Gasteiger partial charge in [-0.2, -0.15) is 0 Å². The summed E-state index contributed by atoms with van der Waals surface area (Å²) in [7, 11) is 0. The maximum absolute atomic E-state index is 13.0. The third-order valence-electron chi connectivity index (χ3n) is 8.45. The first-order valence-corrected chi connectivity index (χ1v) is 9.21. The SMILES string of the molecule is C=C1C2CC3C4(C)CCC(=O)C(C)(C)C4CCC3(C(=O)C2O)C1O. The van der Waals surface area contributed by atoms with E-state index in [1.54, 1.807) is 0 Å². The predicted molar refractivity (Wildman–Crippen MR) is 89.0 cm³/mol. The standard InChI is InChI=1S/C20H28O4/c1-10-11-9-13-19(4)7-6-14(21)18(2,3)12(19)5-8-20(13,16(10)23)17(24)15(11)22/h11-13,15-16,22-23H,1,5-9H2,2-4H3. The molecule has 2 bridgehead atoms. The fourth-order valence-corrected chi connectivity index (χ4v) is 7.12. The number of carbonyl (C=O) groups is 2. The molecule has 0 aromatic carbocycles. The molecular formula is C20H28O4. The highest BCUT2D eigenvalue weighted by Crippen LogP contribution is 2.70. The first kappa shape index (κ1) is 16.5. The molecule has 0 aromatic rings. The van der Waals surface area contributed by atoms with Crippen LogP contribution in [0.15, 0.2) is 12.2 Å². The molecule has 7 atom stereocenters. The summed E-state index contributed by atoms with van der Waals surface area (Å²) in [6, 6.07) is 0. The van der Waals surface area contributed by atoms with Gasteiger partial charge in [0.25, 0.3) is 0 Å². The second kappa shape index (κ2) is 4.59. The Morgan fingerprint density at radius 2 is 1.75 bits per heavy atom. The van der Waals surface area contributed by atoms with Crippen molar-refractivity contribution in [3.8, 4) is 0 Å². The van der Waals surface area contributed by atoms with Crippen LogP contribution in [-0.4, -0.2) is 34.0 Å². The van der Waals surface area contributed by atoms with Crippen LogP contribution in [0.2, 0.25) is 0 Å². The minimum absolute atomic E-state index is 0.0255. The molecular weight excluding hydrogens is 304 g/mol. The Labute approximate surface area is 143 Å². The topological polar surface area (TPSA) is 74.6 Å². The number of aliphatic hydroxyl groups is 2. The Bertz CT molecular complexity index is 650. The van der Waals surface area contributed by atoms with E-state index in [4.69, 9.17) is 0 Å². The Kier molecular flexibility index (Phi) is 3.15. The van der Waals surface area contributed by atoms with E-state index in [-0.39, 0.29) is 34.4 Å². The van der Waals surface area contributed by atoms with Crippen LogP contribution in [0.1, 0.15) is 52.9 Å². The van der Waals surface area contributed by atoms with Gasteiger partial charge in [-0.15, -0.1) is 0 Å². The van der Waals surface area contributed by atoms with E-state index in [0.29, 0.717) is 30.6 Å². The van der Waals surface area contributed by atoms with Crippen molar-refractivity contribution in [3.63, 3.8) is 0 Å². The van der Waals surface area contributed by atoms with Gasteiger partial charge >= 0.3 is 0 Å². The van der Waals surface area contributed by atoms with E-state index in [1.807, 2.05) is 13.8 Å². The predicted octanol–water partition coefficient (Wildman–Crippen LogP) is 2.28. The van der Waals surface area contributed by atoms with Gasteiger partial charge in [-0.25, -0.2) is 0 Å². The zero-order valence-electron chi connectivity index (χ0n) is 14.8. The number of hydrogen-bond donors (Lipinski definition) is 2. The average Bonchev–Trinajstić information content (AvgIpc) is 2.52. The van der Waals surface area contributed by atoms with E-state index in [1.165, 1.54) is 0 Å². The van der Waals surface area contributed by atoms with E-state index in [9.17, 15) is 19.8 Å². The second-order valence-electron chi connectivity index (χ2n) is 9.46. The lowest BCUT2D eigenvalue weighted by Crippen LogP contribution is -2.71. The summed E-state index contributed by atoms with van der Waals surface area (Å²) in [5.74, 6) is 0.0519. The number of rotatable bonds is 0. The highest BCUT2D eigenvalue weighted by Gasteiger charge is 2.72. The Hall–Kier alpha value is -1.00. The van der Waals surface area contributed by atoms with Crippen molar-refractivity contribution in [1.29, 1.82) is 0 Å². The lowest BCUT2D eigenvalue weighted by molar-refractivity contribution is -0.214. The smallest absolute Gasteiger partial charge is 0.171 e. The van der Waals surface area contributed by atoms with Crippen LogP contribution in [0.4, 0.5) is 0 Å². The Morgan fingerprint density at radius 3 is 2.42 bits per heavy atom. The molecule has 5 fully saturated rings. The second-order valence-corrected chi connectivity index (χ2v) is 9.46. The molecule has 7 unspecified atom stereocenters. The lowest BCUT2D eigenvalue weighted by atomic mass is 9.35. The summed E-state index contributed by atoms with van der Waals surface area (Å²) in [6.07, 6.45) is 1.47. The largest absolute Gasteiger partial charge is 0.388 e. The lowest BCUT2D eigenvalue weighted by Gasteiger charge is -2.68. The number of fused-ring (bicyclic) bond motifs is 3. The maximum Gasteiger partial charge on any atom is 0.171 e. The minimum atomic E-state index is -1.02. The van der Waals surface area contributed by atoms with Gasteiger partial charge in [0.1, 0.15) is 11.9 Å². The van der Waals surface area contributed by atoms with Crippen LogP contribution in [0.3, 0.4) is 0 Å². The molecule has 24 heavy (non-hydrogen) atoms. The van der Waals surface area contributed by atoms with E-state index in [0.717, 1.165) is 12.8 Å². The number of aliphatic hydroxyl groups excluding tert-OH is 2. The van der Waals surface area contributed by atoms with Gasteiger partial charge in [0, 0.05) is 17.8 Å². The molecule has 132 valence electrons. The van der Waals surface area contributed by atoms with Gasteiger partial charge in [-0.05, 0) is 48.5 Å². The Balaban J connectivity index is 1.85. The van der Waals surface area contributed by atoms with Crippen molar-refractivity contribution in [2.75, 3.05) is 0 Å². The van der Waals surface area contributed by atoms with Crippen molar-refractivity contribution in [1.82, 2.24) is 0 Å². The van der Waals surface area contributed by atoms with E-state index >= 15 is 0 Å². The van der Waals surface area contributed by atoms with Crippen LogP contribution in [-0.2, 0) is 9.59 Å². The summed E-state index contributed by atoms with van der Waals surface area (Å²) in [5.41, 5.74) is -0.792. The van der Waals surface area contributed by atoms with Crippen LogP contribution in [0.25, 0.3) is 0 Å². The third-order valence-corrected chi connectivity index (χ3v) is 8.45. The molecule has 2 N–H and O–H groups in total. The molecule has 5 rings (SSSR count). The van der Waals surface area contributed by atoms with E-state index < -0.39 is 17.6 Å². The summed E-state index contributed by atoms with van der Waals surface area (Å²) >= 11 is 0. The zero-order valence-corrected chi connectivity index (χ0v) is 14.8. The molecule has 5 aliphatic rings. The van der Waals surface area contributed by atoms with Gasteiger partial charge in [0.05, 0.1) is 11.5 Å². The van der Waals surface area contributed by atoms with Gasteiger partial charge in [-0.1, -0.05) is 27.4 Å². The summed E-state index contributed by atoms with van der Waals surface area (Å²) in [4.78, 5) is 25.5. The first-order chi connectivity index (χ1) is 11.1. The Morgan fingerprint density at radius 1 is 1.08 bits per heavy atom. The number of carbonyl (C=O) groups excluding carboxylic acids is 2. The fourth-order valence-electron chi connectivity index (χ4n) is 7.12. The molecule has 5 aliphatic carbocycles. The summed E-state index contributed by atoms with van der Waals surface area (Å²) in [6.45, 7) is 10.3. The number of ketones is 2. The van der Waals surface area contributed by atoms with Crippen LogP contribution in [0, 0.1) is 34.0 Å².